The molecule has 5 aliphatic rings. The number of alkyl halides is 1. The molecular formula is C32H53FO. The third kappa shape index (κ3) is 4.44. The molecule has 0 saturated heterocycles. The molecule has 34 heavy (non-hydrogen) atoms. The average molecular weight is 473 g/mol. The molecule has 5 saturated carbocycles. The summed E-state index contributed by atoms with van der Waals surface area (Å²) >= 11 is 0. The maximum absolute atomic E-state index is 16.0. The number of carbonyl (C=O) groups excluding carboxylic acids is 1. The Bertz CT molecular complexity index is 611. The first kappa shape index (κ1) is 25.3. The van der Waals surface area contributed by atoms with E-state index in [9.17, 15) is 4.79 Å². The molecule has 0 aromatic heterocycles. The highest BCUT2D eigenvalue weighted by molar-refractivity contribution is 5.98. The molecule has 0 aliphatic heterocycles. The summed E-state index contributed by atoms with van der Waals surface area (Å²) in [4.78, 5) is 13.7. The second-order valence-electron chi connectivity index (χ2n) is 13.8. The van der Waals surface area contributed by atoms with Gasteiger partial charge in [-0.05, 0) is 113 Å². The predicted octanol–water partition coefficient (Wildman–Crippen LogP) is 9.47. The number of halogens is 1. The van der Waals surface area contributed by atoms with E-state index in [0.29, 0.717) is 5.78 Å². The quantitative estimate of drug-likeness (QED) is 0.376. The van der Waals surface area contributed by atoms with E-state index in [4.69, 9.17) is 0 Å². The van der Waals surface area contributed by atoms with Crippen molar-refractivity contribution in [1.29, 1.82) is 0 Å². The van der Waals surface area contributed by atoms with Crippen LogP contribution in [0.25, 0.3) is 0 Å². The topological polar surface area (TPSA) is 17.1 Å². The average Bonchev–Trinajstić information content (AvgIpc) is 2.89. The molecule has 0 unspecified atom stereocenters. The fraction of sp³-hybridized carbons (Fsp3) is 0.969. The lowest BCUT2D eigenvalue weighted by atomic mass is 9.41. The van der Waals surface area contributed by atoms with Gasteiger partial charge in [0.25, 0.3) is 0 Å². The van der Waals surface area contributed by atoms with Crippen LogP contribution in [0, 0.1) is 46.3 Å². The Morgan fingerprint density at radius 3 is 1.21 bits per heavy atom. The Kier molecular flexibility index (Phi) is 7.82. The lowest BCUT2D eigenvalue weighted by Gasteiger charge is -2.62. The second kappa shape index (κ2) is 10.5. The molecule has 0 aromatic carbocycles. The van der Waals surface area contributed by atoms with Crippen molar-refractivity contribution >= 4 is 5.78 Å². The molecule has 2 heteroatoms. The molecular weight excluding hydrogens is 419 g/mol. The van der Waals surface area contributed by atoms with E-state index in [0.717, 1.165) is 86.9 Å². The minimum Gasteiger partial charge on any atom is -0.298 e. The highest BCUT2D eigenvalue weighted by Gasteiger charge is 2.71. The third-order valence-corrected chi connectivity index (χ3v) is 12.2. The molecule has 194 valence electrons. The summed E-state index contributed by atoms with van der Waals surface area (Å²) in [6.07, 6.45) is 23.7. The largest absolute Gasteiger partial charge is 0.298 e. The monoisotopic (exact) mass is 472 g/mol. The van der Waals surface area contributed by atoms with Crippen LogP contribution in [0.2, 0.25) is 0 Å². The molecule has 5 fully saturated rings. The van der Waals surface area contributed by atoms with Crippen molar-refractivity contribution in [2.75, 3.05) is 0 Å². The molecule has 0 amide bonds. The summed E-state index contributed by atoms with van der Waals surface area (Å²) in [6.45, 7) is 4.63. The van der Waals surface area contributed by atoms with Gasteiger partial charge in [-0.1, -0.05) is 65.2 Å². The van der Waals surface area contributed by atoms with Crippen LogP contribution in [0.5, 0.6) is 0 Å². The Morgan fingerprint density at radius 1 is 0.588 bits per heavy atom. The Balaban J connectivity index is 1.10. The van der Waals surface area contributed by atoms with Gasteiger partial charge in [0.15, 0.2) is 5.78 Å². The van der Waals surface area contributed by atoms with Crippen molar-refractivity contribution in [1.82, 2.24) is 0 Å². The van der Waals surface area contributed by atoms with Gasteiger partial charge in [-0.15, -0.1) is 0 Å². The van der Waals surface area contributed by atoms with Gasteiger partial charge in [-0.3, -0.25) is 4.79 Å². The number of Topliss-reactive ketones (excluding diaryl/α,β-unsaturated/α-hetero) is 1. The Labute approximate surface area is 209 Å². The summed E-state index contributed by atoms with van der Waals surface area (Å²) in [7, 11) is 0. The van der Waals surface area contributed by atoms with Crippen molar-refractivity contribution in [2.45, 2.75) is 148 Å². The van der Waals surface area contributed by atoms with Gasteiger partial charge in [-0.2, -0.15) is 0 Å². The first-order valence-electron chi connectivity index (χ1n) is 15.7. The van der Waals surface area contributed by atoms with Crippen LogP contribution in [0.1, 0.15) is 142 Å². The summed E-state index contributed by atoms with van der Waals surface area (Å²) in [5, 5.41) is 0. The van der Waals surface area contributed by atoms with E-state index in [2.05, 4.69) is 13.8 Å². The summed E-state index contributed by atoms with van der Waals surface area (Å²) in [5.74, 6) is 5.54. The molecule has 5 aliphatic carbocycles. The van der Waals surface area contributed by atoms with Gasteiger partial charge >= 0.3 is 0 Å². The fourth-order valence-electron chi connectivity index (χ4n) is 10.1. The van der Waals surface area contributed by atoms with Crippen LogP contribution in [0.3, 0.4) is 0 Å². The minimum absolute atomic E-state index is 0.378. The van der Waals surface area contributed by atoms with Crippen molar-refractivity contribution in [3.05, 3.63) is 0 Å². The van der Waals surface area contributed by atoms with E-state index in [1.165, 1.54) is 77.0 Å². The van der Waals surface area contributed by atoms with Crippen LogP contribution in [-0.2, 0) is 4.79 Å². The van der Waals surface area contributed by atoms with Gasteiger partial charge in [0.2, 0.25) is 0 Å². The molecule has 0 heterocycles. The zero-order chi connectivity index (χ0) is 23.8. The van der Waals surface area contributed by atoms with Crippen LogP contribution in [0.15, 0.2) is 0 Å². The highest BCUT2D eigenvalue weighted by Crippen LogP contribution is 2.66. The lowest BCUT2D eigenvalue weighted by Crippen LogP contribution is -2.69. The number of rotatable bonds is 6. The standard InChI is InChI=1S/C32H53FO/c1-3-5-23-7-11-25(12-8-23)27-15-19-31(20-16-27)29(33)32(30(31)34)21-17-28(18-22-32)26-13-9-24(6-4-2)10-14-26/h23-29H,3-22H2,1-2H3/t23-,24-,25-,26-,27?,28?,29?,31?,32?. The number of ketones is 1. The zero-order valence-electron chi connectivity index (χ0n) is 22.5. The van der Waals surface area contributed by atoms with Crippen LogP contribution < -0.4 is 0 Å². The van der Waals surface area contributed by atoms with E-state index >= 15 is 4.39 Å². The zero-order valence-corrected chi connectivity index (χ0v) is 22.5. The van der Waals surface area contributed by atoms with Crippen LogP contribution in [-0.4, -0.2) is 12.0 Å². The number of carbonyl (C=O) groups is 1. The first-order chi connectivity index (χ1) is 16.5. The van der Waals surface area contributed by atoms with Crippen LogP contribution >= 0.6 is 0 Å². The molecule has 0 bridgehead atoms. The van der Waals surface area contributed by atoms with Crippen LogP contribution in [0.4, 0.5) is 4.39 Å². The van der Waals surface area contributed by atoms with E-state index in [1.54, 1.807) is 0 Å². The number of hydrogen-bond donors (Lipinski definition) is 0. The molecule has 1 nitrogen and oxygen atoms in total. The highest BCUT2D eigenvalue weighted by atomic mass is 19.1. The normalized spacial score (nSPS) is 47.6. The molecule has 5 rings (SSSR count). The van der Waals surface area contributed by atoms with Gasteiger partial charge in [-0.25, -0.2) is 4.39 Å². The van der Waals surface area contributed by atoms with E-state index in [1.807, 2.05) is 0 Å². The lowest BCUT2D eigenvalue weighted by molar-refractivity contribution is -0.194. The third-order valence-electron chi connectivity index (χ3n) is 12.2. The van der Waals surface area contributed by atoms with Gasteiger partial charge in [0.1, 0.15) is 6.17 Å². The first-order valence-corrected chi connectivity index (χ1v) is 15.7. The minimum atomic E-state index is -0.838. The van der Waals surface area contributed by atoms with Gasteiger partial charge < -0.3 is 0 Å². The molecule has 0 radical (unpaired) electrons. The fourth-order valence-corrected chi connectivity index (χ4v) is 10.1. The Morgan fingerprint density at radius 2 is 0.912 bits per heavy atom. The molecule has 0 atom stereocenters. The van der Waals surface area contributed by atoms with Crippen molar-refractivity contribution in [3.8, 4) is 0 Å². The van der Waals surface area contributed by atoms with Gasteiger partial charge in [0, 0.05) is 0 Å². The summed E-state index contributed by atoms with van der Waals surface area (Å²) < 4.78 is 16.0. The van der Waals surface area contributed by atoms with E-state index < -0.39 is 17.0 Å². The van der Waals surface area contributed by atoms with Crippen molar-refractivity contribution in [2.24, 2.45) is 46.3 Å². The maximum atomic E-state index is 16.0. The second-order valence-corrected chi connectivity index (χ2v) is 13.8. The SMILES string of the molecule is CCC[C@H]1CC[C@H](C2CCC3(CC2)C(=O)C2(CCC([C@H]4CC[C@H](CCC)CC4)CC2)C3F)CC1. The maximum Gasteiger partial charge on any atom is 0.151 e. The molecule has 0 aromatic rings. The predicted molar refractivity (Wildman–Crippen MR) is 139 cm³/mol. The van der Waals surface area contributed by atoms with Gasteiger partial charge in [0.05, 0.1) is 10.8 Å². The number of hydrogen-bond acceptors (Lipinski definition) is 1. The smallest absolute Gasteiger partial charge is 0.151 e. The molecule has 0 N–H and O–H groups in total. The summed E-state index contributed by atoms with van der Waals surface area (Å²) in [6, 6.07) is 0. The molecule has 2 spiro atoms. The Hall–Kier alpha value is -0.400. The van der Waals surface area contributed by atoms with E-state index in [-0.39, 0.29) is 0 Å². The van der Waals surface area contributed by atoms with Crippen molar-refractivity contribution < 1.29 is 9.18 Å². The van der Waals surface area contributed by atoms with Crippen molar-refractivity contribution in [3.63, 3.8) is 0 Å². The summed E-state index contributed by atoms with van der Waals surface area (Å²) in [5.41, 5.74) is -1.14.